The van der Waals surface area contributed by atoms with Crippen molar-refractivity contribution in [3.63, 3.8) is 0 Å². The molecule has 5 heteroatoms. The predicted molar refractivity (Wildman–Crippen MR) is 55.1 cm³/mol. The van der Waals surface area contributed by atoms with Crippen molar-refractivity contribution in [2.45, 2.75) is 0 Å². The van der Waals surface area contributed by atoms with Crippen LogP contribution in [0.25, 0.3) is 11.1 Å². The summed E-state index contributed by atoms with van der Waals surface area (Å²) in [4.78, 5) is 11.4. The van der Waals surface area contributed by atoms with Gasteiger partial charge in [-0.15, -0.1) is 0 Å². The Bertz CT molecular complexity index is 527. The highest BCUT2D eigenvalue weighted by Gasteiger charge is 2.14. The molecular formula is C10H10N2O3. The smallest absolute Gasteiger partial charge is 0.275 e. The number of H-pyrrole nitrogens is 2. The largest absolute Gasteiger partial charge is 0.496 e. The second-order valence-electron chi connectivity index (χ2n) is 3.00. The number of rotatable bonds is 2. The highest BCUT2D eigenvalue weighted by atomic mass is 16.5. The number of nitrogens with one attached hydrogen (secondary N) is 2. The molecule has 1 aromatic carbocycles. The van der Waals surface area contributed by atoms with E-state index in [4.69, 9.17) is 4.74 Å². The van der Waals surface area contributed by atoms with Gasteiger partial charge in [0.25, 0.3) is 5.56 Å². The molecule has 0 aliphatic rings. The van der Waals surface area contributed by atoms with Gasteiger partial charge in [-0.3, -0.25) is 15.0 Å². The van der Waals surface area contributed by atoms with Crippen LogP contribution in [0.1, 0.15) is 0 Å². The number of methoxy groups -OCH3 is 1. The minimum Gasteiger partial charge on any atom is -0.496 e. The topological polar surface area (TPSA) is 78.1 Å². The van der Waals surface area contributed by atoms with Crippen LogP contribution in [0.15, 0.2) is 29.1 Å². The minimum atomic E-state index is -0.378. The number of hydrogen-bond donors (Lipinski definition) is 3. The quantitative estimate of drug-likeness (QED) is 0.688. The molecule has 0 bridgehead atoms. The molecule has 3 N–H and O–H groups in total. The standard InChI is InChI=1S/C10H10N2O3/c1-15-7-5-3-2-4-6(7)8-9(13)11-12-10(8)14/h2-5H,1H3,(H3,11,12,13,14). The molecule has 0 aliphatic heterocycles. The van der Waals surface area contributed by atoms with Crippen molar-refractivity contribution in [2.75, 3.05) is 7.11 Å². The fourth-order valence-electron chi connectivity index (χ4n) is 1.45. The third kappa shape index (κ3) is 1.48. The van der Waals surface area contributed by atoms with Crippen molar-refractivity contribution in [3.8, 4) is 22.8 Å². The van der Waals surface area contributed by atoms with Gasteiger partial charge in [-0.25, -0.2) is 0 Å². The van der Waals surface area contributed by atoms with Gasteiger partial charge in [-0.1, -0.05) is 18.2 Å². The number of aromatic hydroxyl groups is 1. The first kappa shape index (κ1) is 9.39. The molecule has 0 aliphatic carbocycles. The maximum atomic E-state index is 11.4. The Kier molecular flexibility index (Phi) is 2.21. The Hall–Kier alpha value is -2.17. The number of para-hydroxylation sites is 1. The Morgan fingerprint density at radius 2 is 2.00 bits per heavy atom. The van der Waals surface area contributed by atoms with E-state index in [9.17, 15) is 9.90 Å². The van der Waals surface area contributed by atoms with Crippen molar-refractivity contribution >= 4 is 0 Å². The van der Waals surface area contributed by atoms with Gasteiger partial charge in [-0.05, 0) is 6.07 Å². The highest BCUT2D eigenvalue weighted by molar-refractivity contribution is 5.73. The zero-order valence-electron chi connectivity index (χ0n) is 8.07. The maximum Gasteiger partial charge on any atom is 0.275 e. The summed E-state index contributed by atoms with van der Waals surface area (Å²) in [6.45, 7) is 0. The highest BCUT2D eigenvalue weighted by Crippen LogP contribution is 2.31. The van der Waals surface area contributed by atoms with Gasteiger partial charge in [0.1, 0.15) is 11.3 Å². The summed E-state index contributed by atoms with van der Waals surface area (Å²) in [5, 5.41) is 14.1. The number of aromatic amines is 2. The molecule has 5 nitrogen and oxygen atoms in total. The Morgan fingerprint density at radius 1 is 1.27 bits per heavy atom. The zero-order chi connectivity index (χ0) is 10.8. The van der Waals surface area contributed by atoms with Gasteiger partial charge >= 0.3 is 0 Å². The van der Waals surface area contributed by atoms with Crippen molar-refractivity contribution < 1.29 is 9.84 Å². The first-order valence-corrected chi connectivity index (χ1v) is 4.37. The number of benzene rings is 1. The summed E-state index contributed by atoms with van der Waals surface area (Å²) >= 11 is 0. The second kappa shape index (κ2) is 3.53. The van der Waals surface area contributed by atoms with Gasteiger partial charge in [-0.2, -0.15) is 0 Å². The van der Waals surface area contributed by atoms with Gasteiger partial charge in [0.15, 0.2) is 0 Å². The van der Waals surface area contributed by atoms with Crippen LogP contribution in [-0.2, 0) is 0 Å². The third-order valence-electron chi connectivity index (χ3n) is 2.13. The molecule has 0 amide bonds. The Morgan fingerprint density at radius 3 is 2.60 bits per heavy atom. The molecule has 1 aromatic heterocycles. The monoisotopic (exact) mass is 206 g/mol. The van der Waals surface area contributed by atoms with Gasteiger partial charge in [0.2, 0.25) is 5.88 Å². The second-order valence-corrected chi connectivity index (χ2v) is 3.00. The van der Waals surface area contributed by atoms with Crippen LogP contribution in [0.3, 0.4) is 0 Å². The molecule has 1 heterocycles. The van der Waals surface area contributed by atoms with E-state index in [0.717, 1.165) is 0 Å². The first-order chi connectivity index (χ1) is 7.24. The molecular weight excluding hydrogens is 196 g/mol. The molecule has 0 saturated heterocycles. The van der Waals surface area contributed by atoms with Crippen LogP contribution in [0.5, 0.6) is 11.6 Å². The lowest BCUT2D eigenvalue weighted by Crippen LogP contribution is -2.02. The SMILES string of the molecule is COc1ccccc1-c1c(O)[nH][nH]c1=O. The van der Waals surface area contributed by atoms with Crippen LogP contribution in [0, 0.1) is 0 Å². The van der Waals surface area contributed by atoms with E-state index in [1.54, 1.807) is 24.3 Å². The molecule has 0 atom stereocenters. The van der Waals surface area contributed by atoms with Crippen molar-refractivity contribution in [1.82, 2.24) is 10.2 Å². The molecule has 0 unspecified atom stereocenters. The van der Waals surface area contributed by atoms with E-state index in [-0.39, 0.29) is 17.0 Å². The van der Waals surface area contributed by atoms with Crippen LogP contribution in [0.4, 0.5) is 0 Å². The average Bonchev–Trinajstić information content (AvgIpc) is 2.59. The van der Waals surface area contributed by atoms with Gasteiger partial charge < -0.3 is 9.84 Å². The molecule has 0 radical (unpaired) electrons. The Labute approximate surface area is 85.3 Å². The summed E-state index contributed by atoms with van der Waals surface area (Å²) in [5.74, 6) is 0.349. The van der Waals surface area contributed by atoms with Crippen molar-refractivity contribution in [1.29, 1.82) is 0 Å². The lowest BCUT2D eigenvalue weighted by Gasteiger charge is -2.05. The molecule has 15 heavy (non-hydrogen) atoms. The van der Waals surface area contributed by atoms with Crippen LogP contribution in [0.2, 0.25) is 0 Å². The predicted octanol–water partition coefficient (Wildman–Crippen LogP) is 1.08. The fraction of sp³-hybridized carbons (Fsp3) is 0.100. The summed E-state index contributed by atoms with van der Waals surface area (Å²) < 4.78 is 5.10. The number of ether oxygens (including phenoxy) is 1. The van der Waals surface area contributed by atoms with E-state index in [1.807, 2.05) is 0 Å². The molecule has 0 fully saturated rings. The van der Waals surface area contributed by atoms with E-state index < -0.39 is 0 Å². The summed E-state index contributed by atoms with van der Waals surface area (Å²) in [6.07, 6.45) is 0. The Balaban J connectivity index is 2.69. The average molecular weight is 206 g/mol. The van der Waals surface area contributed by atoms with E-state index >= 15 is 0 Å². The molecule has 0 saturated carbocycles. The number of aromatic nitrogens is 2. The summed E-state index contributed by atoms with van der Waals surface area (Å²) in [7, 11) is 1.51. The van der Waals surface area contributed by atoms with Gasteiger partial charge in [0.05, 0.1) is 7.11 Å². The van der Waals surface area contributed by atoms with Crippen LogP contribution in [-0.4, -0.2) is 22.4 Å². The van der Waals surface area contributed by atoms with E-state index in [0.29, 0.717) is 11.3 Å². The summed E-state index contributed by atoms with van der Waals surface area (Å²) in [6, 6.07) is 6.99. The third-order valence-corrected chi connectivity index (χ3v) is 2.13. The minimum absolute atomic E-state index is 0.187. The van der Waals surface area contributed by atoms with Crippen molar-refractivity contribution in [3.05, 3.63) is 34.6 Å². The summed E-state index contributed by atoms with van der Waals surface area (Å²) in [5.41, 5.74) is 0.365. The molecule has 78 valence electrons. The normalized spacial score (nSPS) is 10.2. The first-order valence-electron chi connectivity index (χ1n) is 4.37. The molecule has 2 rings (SSSR count). The van der Waals surface area contributed by atoms with E-state index in [2.05, 4.69) is 10.2 Å². The van der Waals surface area contributed by atoms with E-state index in [1.165, 1.54) is 7.11 Å². The zero-order valence-corrected chi connectivity index (χ0v) is 8.07. The lowest BCUT2D eigenvalue weighted by atomic mass is 10.1. The number of hydrogen-bond acceptors (Lipinski definition) is 3. The molecule has 2 aromatic rings. The maximum absolute atomic E-state index is 11.4. The lowest BCUT2D eigenvalue weighted by molar-refractivity contribution is 0.415. The fourth-order valence-corrected chi connectivity index (χ4v) is 1.45. The van der Waals surface area contributed by atoms with Crippen LogP contribution < -0.4 is 10.3 Å². The molecule has 0 spiro atoms. The van der Waals surface area contributed by atoms with Crippen LogP contribution >= 0.6 is 0 Å². The van der Waals surface area contributed by atoms with Gasteiger partial charge in [0, 0.05) is 5.56 Å². The van der Waals surface area contributed by atoms with Crippen molar-refractivity contribution in [2.24, 2.45) is 0 Å².